The number of ether oxygens (including phenoxy) is 1. The largest absolute Gasteiger partial charge is 0.383 e. The molecule has 0 aromatic heterocycles. The lowest BCUT2D eigenvalue weighted by atomic mass is 10.1. The first-order chi connectivity index (χ1) is 8.24. The second-order valence-corrected chi connectivity index (χ2v) is 4.80. The summed E-state index contributed by atoms with van der Waals surface area (Å²) < 4.78 is 18.5. The lowest BCUT2D eigenvalue weighted by Crippen LogP contribution is -2.20. The van der Waals surface area contributed by atoms with E-state index in [4.69, 9.17) is 4.74 Å². The third-order valence-corrected chi connectivity index (χ3v) is 3.14. The van der Waals surface area contributed by atoms with Crippen molar-refractivity contribution in [3.8, 4) is 0 Å². The zero-order chi connectivity index (χ0) is 12.5. The van der Waals surface area contributed by atoms with Gasteiger partial charge in [-0.25, -0.2) is 4.39 Å². The molecule has 0 saturated carbocycles. The summed E-state index contributed by atoms with van der Waals surface area (Å²) in [6.45, 7) is 2.66. The van der Waals surface area contributed by atoms with E-state index in [2.05, 4.69) is 21.2 Å². The van der Waals surface area contributed by atoms with E-state index in [1.165, 1.54) is 11.6 Å². The molecule has 1 aromatic rings. The quantitative estimate of drug-likeness (QED) is 0.745. The highest BCUT2D eigenvalue weighted by molar-refractivity contribution is 9.10. The molecule has 0 bridgehead atoms. The Morgan fingerprint density at radius 2 is 2.12 bits per heavy atom. The van der Waals surface area contributed by atoms with Gasteiger partial charge >= 0.3 is 0 Å². The molecule has 0 amide bonds. The summed E-state index contributed by atoms with van der Waals surface area (Å²) in [5, 5.41) is 3.30. The van der Waals surface area contributed by atoms with Crippen molar-refractivity contribution < 1.29 is 9.13 Å². The standard InChI is InChI=1S/C13H19BrFNO/c1-17-9-8-16-7-3-2-4-11-5-6-13(15)12(14)10-11/h5-6,10,16H,2-4,7-9H2,1H3. The average molecular weight is 304 g/mol. The van der Waals surface area contributed by atoms with Crippen molar-refractivity contribution >= 4 is 15.9 Å². The van der Waals surface area contributed by atoms with Crippen molar-refractivity contribution in [2.24, 2.45) is 0 Å². The van der Waals surface area contributed by atoms with Gasteiger partial charge in [0.1, 0.15) is 5.82 Å². The zero-order valence-electron chi connectivity index (χ0n) is 10.1. The first-order valence-electron chi connectivity index (χ1n) is 5.87. The first kappa shape index (κ1) is 14.6. The van der Waals surface area contributed by atoms with E-state index in [1.54, 1.807) is 7.11 Å². The Bertz CT molecular complexity index is 333. The fraction of sp³-hybridized carbons (Fsp3) is 0.538. The lowest BCUT2D eigenvalue weighted by molar-refractivity contribution is 0.199. The van der Waals surface area contributed by atoms with Crippen LogP contribution in [0, 0.1) is 5.82 Å². The van der Waals surface area contributed by atoms with Gasteiger partial charge in [0.15, 0.2) is 0 Å². The van der Waals surface area contributed by atoms with Crippen LogP contribution < -0.4 is 5.32 Å². The fourth-order valence-corrected chi connectivity index (χ4v) is 2.00. The lowest BCUT2D eigenvalue weighted by Gasteiger charge is -2.05. The summed E-state index contributed by atoms with van der Waals surface area (Å²) in [6.07, 6.45) is 3.22. The summed E-state index contributed by atoms with van der Waals surface area (Å²) in [7, 11) is 1.70. The minimum Gasteiger partial charge on any atom is -0.383 e. The van der Waals surface area contributed by atoms with E-state index in [0.717, 1.165) is 39.0 Å². The molecule has 1 aromatic carbocycles. The summed E-state index contributed by atoms with van der Waals surface area (Å²) in [5.74, 6) is -0.199. The number of hydrogen-bond donors (Lipinski definition) is 1. The molecule has 2 nitrogen and oxygen atoms in total. The molecule has 96 valence electrons. The molecule has 1 rings (SSSR count). The zero-order valence-corrected chi connectivity index (χ0v) is 11.7. The van der Waals surface area contributed by atoms with Crippen LogP contribution in [-0.2, 0) is 11.2 Å². The molecule has 17 heavy (non-hydrogen) atoms. The summed E-state index contributed by atoms with van der Waals surface area (Å²) in [5.41, 5.74) is 1.18. The molecule has 0 fully saturated rings. The van der Waals surface area contributed by atoms with Crippen molar-refractivity contribution in [2.75, 3.05) is 26.8 Å². The van der Waals surface area contributed by atoms with Crippen LogP contribution in [0.2, 0.25) is 0 Å². The van der Waals surface area contributed by atoms with E-state index in [-0.39, 0.29) is 5.82 Å². The Morgan fingerprint density at radius 1 is 1.29 bits per heavy atom. The van der Waals surface area contributed by atoms with Crippen molar-refractivity contribution in [1.29, 1.82) is 0 Å². The Labute approximate surface area is 111 Å². The minimum atomic E-state index is -0.199. The van der Waals surface area contributed by atoms with Gasteiger partial charge < -0.3 is 10.1 Å². The van der Waals surface area contributed by atoms with Crippen LogP contribution in [0.5, 0.6) is 0 Å². The molecular weight excluding hydrogens is 285 g/mol. The molecular formula is C13H19BrFNO. The van der Waals surface area contributed by atoms with E-state index in [1.807, 2.05) is 12.1 Å². The Balaban J connectivity index is 2.11. The summed E-state index contributed by atoms with van der Waals surface area (Å²) in [4.78, 5) is 0. The highest BCUT2D eigenvalue weighted by Crippen LogP contribution is 2.17. The third-order valence-electron chi connectivity index (χ3n) is 2.54. The van der Waals surface area contributed by atoms with Gasteiger partial charge in [-0.3, -0.25) is 0 Å². The van der Waals surface area contributed by atoms with Crippen LogP contribution in [-0.4, -0.2) is 26.8 Å². The number of hydrogen-bond acceptors (Lipinski definition) is 2. The second kappa shape index (κ2) is 8.61. The summed E-state index contributed by atoms with van der Waals surface area (Å²) >= 11 is 3.20. The molecule has 0 unspecified atom stereocenters. The van der Waals surface area contributed by atoms with Gasteiger partial charge in [-0.05, 0) is 59.4 Å². The molecule has 0 aliphatic heterocycles. The van der Waals surface area contributed by atoms with E-state index in [9.17, 15) is 4.39 Å². The molecule has 1 N–H and O–H groups in total. The van der Waals surface area contributed by atoms with Crippen LogP contribution in [0.3, 0.4) is 0 Å². The number of unbranched alkanes of at least 4 members (excludes halogenated alkanes) is 1. The molecule has 0 atom stereocenters. The number of nitrogens with one attached hydrogen (secondary N) is 1. The average Bonchev–Trinajstić information content (AvgIpc) is 2.32. The number of halogens is 2. The Hall–Kier alpha value is -0.450. The van der Waals surface area contributed by atoms with Gasteiger partial charge in [0.2, 0.25) is 0 Å². The molecule has 0 heterocycles. The van der Waals surface area contributed by atoms with Crippen LogP contribution in [0.15, 0.2) is 22.7 Å². The highest BCUT2D eigenvalue weighted by atomic mass is 79.9. The molecule has 4 heteroatoms. The number of rotatable bonds is 8. The maximum Gasteiger partial charge on any atom is 0.137 e. The van der Waals surface area contributed by atoms with Gasteiger partial charge in [0, 0.05) is 13.7 Å². The van der Waals surface area contributed by atoms with Crippen molar-refractivity contribution in [1.82, 2.24) is 5.32 Å². The number of methoxy groups -OCH3 is 1. The van der Waals surface area contributed by atoms with E-state index in [0.29, 0.717) is 4.47 Å². The number of benzene rings is 1. The molecule has 0 saturated heterocycles. The third kappa shape index (κ3) is 6.15. The predicted octanol–water partition coefficient (Wildman–Crippen LogP) is 3.15. The first-order valence-corrected chi connectivity index (χ1v) is 6.67. The van der Waals surface area contributed by atoms with Gasteiger partial charge in [-0.2, -0.15) is 0 Å². The Morgan fingerprint density at radius 3 is 2.82 bits per heavy atom. The fourth-order valence-electron chi connectivity index (χ4n) is 1.57. The number of aryl methyl sites for hydroxylation is 1. The maximum absolute atomic E-state index is 13.0. The van der Waals surface area contributed by atoms with Crippen molar-refractivity contribution in [3.63, 3.8) is 0 Å². The smallest absolute Gasteiger partial charge is 0.137 e. The monoisotopic (exact) mass is 303 g/mol. The van der Waals surface area contributed by atoms with Gasteiger partial charge in [0.05, 0.1) is 11.1 Å². The summed E-state index contributed by atoms with van der Waals surface area (Å²) in [6, 6.07) is 5.21. The van der Waals surface area contributed by atoms with Crippen LogP contribution >= 0.6 is 15.9 Å². The van der Waals surface area contributed by atoms with E-state index < -0.39 is 0 Å². The Kier molecular flexibility index (Phi) is 7.40. The van der Waals surface area contributed by atoms with Gasteiger partial charge in [-0.15, -0.1) is 0 Å². The maximum atomic E-state index is 13.0. The van der Waals surface area contributed by atoms with E-state index >= 15 is 0 Å². The topological polar surface area (TPSA) is 21.3 Å². The van der Waals surface area contributed by atoms with Crippen LogP contribution in [0.1, 0.15) is 18.4 Å². The van der Waals surface area contributed by atoms with Crippen LogP contribution in [0.25, 0.3) is 0 Å². The van der Waals surface area contributed by atoms with Gasteiger partial charge in [0.25, 0.3) is 0 Å². The molecule has 0 radical (unpaired) electrons. The van der Waals surface area contributed by atoms with Gasteiger partial charge in [-0.1, -0.05) is 6.07 Å². The molecule has 0 spiro atoms. The van der Waals surface area contributed by atoms with Crippen LogP contribution in [0.4, 0.5) is 4.39 Å². The second-order valence-electron chi connectivity index (χ2n) is 3.95. The minimum absolute atomic E-state index is 0.199. The normalized spacial score (nSPS) is 10.8. The van der Waals surface area contributed by atoms with Crippen molar-refractivity contribution in [3.05, 3.63) is 34.1 Å². The van der Waals surface area contributed by atoms with Crippen molar-refractivity contribution in [2.45, 2.75) is 19.3 Å². The SMILES string of the molecule is COCCNCCCCc1ccc(F)c(Br)c1. The highest BCUT2D eigenvalue weighted by Gasteiger charge is 2.00. The molecule has 0 aliphatic carbocycles. The molecule has 0 aliphatic rings. The predicted molar refractivity (Wildman–Crippen MR) is 71.8 cm³/mol.